The molecule has 0 atom stereocenters. The maximum Gasteiger partial charge on any atom is 0.141 e. The molecule has 1 aromatic heterocycles. The summed E-state index contributed by atoms with van der Waals surface area (Å²) in [6.45, 7) is 7.44. The van der Waals surface area contributed by atoms with Crippen molar-refractivity contribution in [3.05, 3.63) is 44.6 Å². The molecule has 1 aromatic carbocycles. The van der Waals surface area contributed by atoms with E-state index in [4.69, 9.17) is 4.74 Å². The van der Waals surface area contributed by atoms with Crippen molar-refractivity contribution in [1.29, 1.82) is 0 Å². The molecule has 108 valence electrons. The van der Waals surface area contributed by atoms with Gasteiger partial charge in [0.1, 0.15) is 5.75 Å². The number of ether oxygens (including phenoxy) is 1. The van der Waals surface area contributed by atoms with Crippen molar-refractivity contribution in [3.63, 3.8) is 0 Å². The van der Waals surface area contributed by atoms with E-state index in [0.29, 0.717) is 0 Å². The van der Waals surface area contributed by atoms with Crippen molar-refractivity contribution in [1.82, 2.24) is 0 Å². The summed E-state index contributed by atoms with van der Waals surface area (Å²) >= 11 is 5.30. The van der Waals surface area contributed by atoms with E-state index < -0.39 is 0 Å². The molecule has 0 saturated heterocycles. The number of halogens is 1. The molecule has 1 N–H and O–H groups in total. The number of hydrogen-bond acceptors (Lipinski definition) is 3. The molecule has 0 bridgehead atoms. The van der Waals surface area contributed by atoms with E-state index in [-0.39, 0.29) is 5.41 Å². The molecule has 1 heterocycles. The van der Waals surface area contributed by atoms with Gasteiger partial charge in [0.05, 0.1) is 19.3 Å². The number of rotatable bonds is 4. The predicted molar refractivity (Wildman–Crippen MR) is 91.0 cm³/mol. The van der Waals surface area contributed by atoms with E-state index >= 15 is 0 Å². The highest BCUT2D eigenvalue weighted by molar-refractivity contribution is 9.10. The molecule has 2 rings (SSSR count). The maximum atomic E-state index is 5.44. The largest absolute Gasteiger partial charge is 0.495 e. The van der Waals surface area contributed by atoms with E-state index in [1.807, 2.05) is 6.07 Å². The van der Waals surface area contributed by atoms with Gasteiger partial charge in [-0.1, -0.05) is 26.8 Å². The van der Waals surface area contributed by atoms with Crippen LogP contribution < -0.4 is 10.1 Å². The van der Waals surface area contributed by atoms with Gasteiger partial charge in [-0.2, -0.15) is 0 Å². The van der Waals surface area contributed by atoms with E-state index in [1.165, 1.54) is 10.4 Å². The fourth-order valence-electron chi connectivity index (χ4n) is 1.94. The van der Waals surface area contributed by atoms with Crippen molar-refractivity contribution < 1.29 is 4.74 Å². The van der Waals surface area contributed by atoms with Crippen LogP contribution in [0.15, 0.2) is 34.1 Å². The fraction of sp³-hybridized carbons (Fsp3) is 0.375. The molecule has 0 spiro atoms. The average molecular weight is 354 g/mol. The number of hydrogen-bond donors (Lipinski definition) is 1. The minimum Gasteiger partial charge on any atom is -0.495 e. The maximum absolute atomic E-state index is 5.44. The number of benzene rings is 1. The van der Waals surface area contributed by atoms with Gasteiger partial charge in [0.2, 0.25) is 0 Å². The Kier molecular flexibility index (Phi) is 4.76. The lowest BCUT2D eigenvalue weighted by Gasteiger charge is -2.21. The normalized spacial score (nSPS) is 11.4. The summed E-state index contributed by atoms with van der Waals surface area (Å²) < 4.78 is 6.60. The number of anilines is 1. The molecule has 2 nitrogen and oxygen atoms in total. The van der Waals surface area contributed by atoms with Crippen LogP contribution >= 0.6 is 27.3 Å². The third-order valence-electron chi connectivity index (χ3n) is 3.20. The summed E-state index contributed by atoms with van der Waals surface area (Å²) in [5, 5.41) is 5.56. The van der Waals surface area contributed by atoms with Crippen LogP contribution in [0, 0.1) is 0 Å². The molecule has 0 saturated carbocycles. The van der Waals surface area contributed by atoms with Gasteiger partial charge in [-0.3, -0.25) is 0 Å². The summed E-state index contributed by atoms with van der Waals surface area (Å²) in [6, 6.07) is 8.42. The Labute approximate surface area is 133 Å². The molecule has 2 aromatic rings. The van der Waals surface area contributed by atoms with Gasteiger partial charge < -0.3 is 10.1 Å². The Balaban J connectivity index is 2.23. The molecular weight excluding hydrogens is 334 g/mol. The lowest BCUT2D eigenvalue weighted by atomic mass is 9.87. The highest BCUT2D eigenvalue weighted by Crippen LogP contribution is 2.32. The van der Waals surface area contributed by atoms with Crippen LogP contribution in [-0.4, -0.2) is 7.11 Å². The average Bonchev–Trinajstić information content (AvgIpc) is 2.80. The second-order valence-corrected chi connectivity index (χ2v) is 7.57. The third-order valence-corrected chi connectivity index (χ3v) is 5.12. The van der Waals surface area contributed by atoms with Crippen LogP contribution in [0.4, 0.5) is 5.69 Å². The third kappa shape index (κ3) is 3.55. The first-order valence-corrected chi connectivity index (χ1v) is 8.23. The zero-order chi connectivity index (χ0) is 14.8. The molecule has 0 aliphatic heterocycles. The first kappa shape index (κ1) is 15.4. The lowest BCUT2D eigenvalue weighted by molar-refractivity contribution is 0.416. The molecule has 20 heavy (non-hydrogen) atoms. The summed E-state index contributed by atoms with van der Waals surface area (Å²) in [6.07, 6.45) is 0. The summed E-state index contributed by atoms with van der Waals surface area (Å²) in [5.74, 6) is 0.880. The summed E-state index contributed by atoms with van der Waals surface area (Å²) in [5.41, 5.74) is 2.47. The monoisotopic (exact) mass is 353 g/mol. The lowest BCUT2D eigenvalue weighted by Crippen LogP contribution is -2.12. The van der Waals surface area contributed by atoms with Crippen LogP contribution in [0.3, 0.4) is 0 Å². The van der Waals surface area contributed by atoms with Crippen LogP contribution in [0.1, 0.15) is 31.2 Å². The van der Waals surface area contributed by atoms with E-state index in [1.54, 1.807) is 18.4 Å². The standard InChI is InChI=1S/C16H20BrNOS/c1-16(2,3)11-5-6-14(19-4)13(9-11)18-10-15-12(17)7-8-20-15/h5-9,18H,10H2,1-4H3. The van der Waals surface area contributed by atoms with Crippen molar-refractivity contribution >= 4 is 33.0 Å². The van der Waals surface area contributed by atoms with Crippen LogP contribution in [-0.2, 0) is 12.0 Å². The highest BCUT2D eigenvalue weighted by atomic mass is 79.9. The molecule has 0 fully saturated rings. The molecule has 0 radical (unpaired) electrons. The molecule has 0 aliphatic carbocycles. The first-order valence-electron chi connectivity index (χ1n) is 6.56. The molecule has 0 amide bonds. The van der Waals surface area contributed by atoms with Crippen molar-refractivity contribution in [2.75, 3.05) is 12.4 Å². The minimum absolute atomic E-state index is 0.131. The summed E-state index contributed by atoms with van der Waals surface area (Å²) in [7, 11) is 1.71. The van der Waals surface area contributed by atoms with E-state index in [2.05, 4.69) is 65.6 Å². The second kappa shape index (κ2) is 6.19. The van der Waals surface area contributed by atoms with Crippen LogP contribution in [0.25, 0.3) is 0 Å². The smallest absolute Gasteiger partial charge is 0.141 e. The molecule has 4 heteroatoms. The minimum atomic E-state index is 0.131. The summed E-state index contributed by atoms with van der Waals surface area (Å²) in [4.78, 5) is 1.29. The molecule has 0 unspecified atom stereocenters. The first-order chi connectivity index (χ1) is 9.41. The fourth-order valence-corrected chi connectivity index (χ4v) is 3.37. The van der Waals surface area contributed by atoms with Crippen LogP contribution in [0.5, 0.6) is 5.75 Å². The van der Waals surface area contributed by atoms with Gasteiger partial charge in [-0.25, -0.2) is 0 Å². The Morgan fingerprint density at radius 3 is 2.55 bits per heavy atom. The van der Waals surface area contributed by atoms with Gasteiger partial charge in [-0.15, -0.1) is 11.3 Å². The zero-order valence-corrected chi connectivity index (χ0v) is 14.7. The van der Waals surface area contributed by atoms with E-state index in [0.717, 1.165) is 22.5 Å². The Hall–Kier alpha value is -1.00. The Morgan fingerprint density at radius 2 is 2.00 bits per heavy atom. The van der Waals surface area contributed by atoms with Crippen LogP contribution in [0.2, 0.25) is 0 Å². The Morgan fingerprint density at radius 1 is 1.25 bits per heavy atom. The van der Waals surface area contributed by atoms with Crippen molar-refractivity contribution in [2.45, 2.75) is 32.7 Å². The molecule has 0 aliphatic rings. The van der Waals surface area contributed by atoms with Crippen molar-refractivity contribution in [2.24, 2.45) is 0 Å². The topological polar surface area (TPSA) is 21.3 Å². The second-order valence-electron chi connectivity index (χ2n) is 5.71. The predicted octanol–water partition coefficient (Wildman–Crippen LogP) is 5.43. The number of nitrogens with one attached hydrogen (secondary N) is 1. The van der Waals surface area contributed by atoms with Gasteiger partial charge >= 0.3 is 0 Å². The van der Waals surface area contributed by atoms with Gasteiger partial charge in [0.25, 0.3) is 0 Å². The number of methoxy groups -OCH3 is 1. The van der Waals surface area contributed by atoms with E-state index in [9.17, 15) is 0 Å². The molecular formula is C16H20BrNOS. The zero-order valence-electron chi connectivity index (χ0n) is 12.3. The van der Waals surface area contributed by atoms with Gasteiger partial charge in [-0.05, 0) is 50.5 Å². The van der Waals surface area contributed by atoms with Crippen molar-refractivity contribution in [3.8, 4) is 5.75 Å². The van der Waals surface area contributed by atoms with Gasteiger partial charge in [0.15, 0.2) is 0 Å². The highest BCUT2D eigenvalue weighted by Gasteiger charge is 2.16. The van der Waals surface area contributed by atoms with Gasteiger partial charge in [0, 0.05) is 9.35 Å². The Bertz CT molecular complexity index is 586. The number of thiophene rings is 1. The quantitative estimate of drug-likeness (QED) is 0.791. The SMILES string of the molecule is COc1ccc(C(C)(C)C)cc1NCc1sccc1Br.